The van der Waals surface area contributed by atoms with Gasteiger partial charge in [0.2, 0.25) is 0 Å². The van der Waals surface area contributed by atoms with Crippen molar-refractivity contribution in [3.05, 3.63) is 71.3 Å². The van der Waals surface area contributed by atoms with Crippen molar-refractivity contribution in [2.45, 2.75) is 13.0 Å². The van der Waals surface area contributed by atoms with Crippen LogP contribution in [0.15, 0.2) is 60.2 Å². The second kappa shape index (κ2) is 7.07. The predicted molar refractivity (Wildman–Crippen MR) is 106 cm³/mol. The van der Waals surface area contributed by atoms with E-state index in [-0.39, 0.29) is 11.8 Å². The van der Waals surface area contributed by atoms with Crippen LogP contribution in [0, 0.1) is 0 Å². The molecule has 128 valence electrons. The van der Waals surface area contributed by atoms with Crippen LogP contribution >= 0.6 is 12.2 Å². The van der Waals surface area contributed by atoms with Gasteiger partial charge in [-0.25, -0.2) is 0 Å². The van der Waals surface area contributed by atoms with Crippen LogP contribution in [-0.4, -0.2) is 25.0 Å². The minimum atomic E-state index is -0.266. The summed E-state index contributed by atoms with van der Waals surface area (Å²) in [4.78, 5) is 14.5. The summed E-state index contributed by atoms with van der Waals surface area (Å²) in [6, 6.07) is 17.7. The van der Waals surface area contributed by atoms with Crippen LogP contribution in [0.4, 0.5) is 5.69 Å². The molecule has 4 nitrogen and oxygen atoms in total. The van der Waals surface area contributed by atoms with Gasteiger partial charge in [-0.3, -0.25) is 4.79 Å². The number of ketones is 1. The van der Waals surface area contributed by atoms with Crippen LogP contribution in [0.3, 0.4) is 0 Å². The van der Waals surface area contributed by atoms with Crippen LogP contribution < -0.4 is 15.5 Å². The monoisotopic (exact) mass is 351 g/mol. The molecule has 0 saturated heterocycles. The summed E-state index contributed by atoms with van der Waals surface area (Å²) in [5.41, 5.74) is 4.53. The van der Waals surface area contributed by atoms with Crippen LogP contribution in [0.5, 0.6) is 0 Å². The maximum absolute atomic E-state index is 12.5. The number of Topliss-reactive ketones (excluding diaryl/α,β-unsaturated/α-hetero) is 1. The van der Waals surface area contributed by atoms with Crippen LogP contribution in [0.1, 0.15) is 24.1 Å². The minimum absolute atomic E-state index is 0.0167. The van der Waals surface area contributed by atoms with Gasteiger partial charge in [-0.15, -0.1) is 0 Å². The number of carbonyl (C=O) groups excluding carboxylic acids is 1. The highest BCUT2D eigenvalue weighted by atomic mass is 32.1. The number of nitrogens with zero attached hydrogens (tertiary/aromatic N) is 1. The summed E-state index contributed by atoms with van der Waals surface area (Å²) in [5.74, 6) is 0.0167. The maximum atomic E-state index is 12.5. The topological polar surface area (TPSA) is 44.4 Å². The molecule has 2 aromatic carbocycles. The third-order valence-electron chi connectivity index (χ3n) is 4.26. The van der Waals surface area contributed by atoms with Gasteiger partial charge in [0.15, 0.2) is 10.9 Å². The Morgan fingerprint density at radius 2 is 1.68 bits per heavy atom. The number of carbonyl (C=O) groups is 1. The van der Waals surface area contributed by atoms with E-state index in [0.717, 1.165) is 22.5 Å². The van der Waals surface area contributed by atoms with E-state index < -0.39 is 0 Å². The molecular weight excluding hydrogens is 330 g/mol. The molecule has 1 aliphatic rings. The highest BCUT2D eigenvalue weighted by Crippen LogP contribution is 2.32. The third kappa shape index (κ3) is 3.56. The Hall–Kier alpha value is -2.66. The fourth-order valence-corrected chi connectivity index (χ4v) is 3.21. The molecule has 2 N–H and O–H groups in total. The quantitative estimate of drug-likeness (QED) is 0.828. The van der Waals surface area contributed by atoms with Crippen molar-refractivity contribution >= 4 is 34.5 Å². The summed E-state index contributed by atoms with van der Waals surface area (Å²) >= 11 is 5.39. The Labute approximate surface area is 153 Å². The van der Waals surface area contributed by atoms with Gasteiger partial charge in [-0.05, 0) is 42.4 Å². The van der Waals surface area contributed by atoms with Gasteiger partial charge in [0, 0.05) is 25.4 Å². The lowest BCUT2D eigenvalue weighted by molar-refractivity contribution is -0.113. The molecular formula is C20H21N3OS. The SMILES string of the molecule is CC(=O)C1=C(c2ccccc2)NC(=S)N[C@@H]1c1ccc(N(C)C)cc1. The first-order valence-electron chi connectivity index (χ1n) is 8.12. The number of rotatable bonds is 4. The summed E-state index contributed by atoms with van der Waals surface area (Å²) in [7, 11) is 4.00. The number of nitrogens with one attached hydrogen (secondary N) is 2. The molecule has 0 amide bonds. The van der Waals surface area contributed by atoms with Crippen molar-refractivity contribution in [1.29, 1.82) is 0 Å². The first-order valence-corrected chi connectivity index (χ1v) is 8.53. The molecule has 2 aromatic rings. The lowest BCUT2D eigenvalue weighted by Gasteiger charge is -2.31. The van der Waals surface area contributed by atoms with E-state index in [0.29, 0.717) is 10.7 Å². The van der Waals surface area contributed by atoms with Gasteiger partial charge in [0.05, 0.1) is 11.7 Å². The summed E-state index contributed by atoms with van der Waals surface area (Å²) in [6.07, 6.45) is 0. The van der Waals surface area contributed by atoms with Crippen LogP contribution in [-0.2, 0) is 4.79 Å². The molecule has 0 bridgehead atoms. The standard InChI is InChI=1S/C20H21N3OS/c1-13(24)17-18(14-7-5-4-6-8-14)21-20(25)22-19(17)15-9-11-16(12-10-15)23(2)3/h4-12,19H,1-3H3,(H2,21,22,25)/t19-/m1/s1. The Morgan fingerprint density at radius 3 is 2.24 bits per heavy atom. The lowest BCUT2D eigenvalue weighted by atomic mass is 9.90. The van der Waals surface area contributed by atoms with Crippen LogP contribution in [0.25, 0.3) is 5.70 Å². The van der Waals surface area contributed by atoms with E-state index in [1.165, 1.54) is 0 Å². The minimum Gasteiger partial charge on any atom is -0.378 e. The molecule has 0 aliphatic carbocycles. The number of benzene rings is 2. The van der Waals surface area contributed by atoms with E-state index in [4.69, 9.17) is 12.2 Å². The lowest BCUT2D eigenvalue weighted by Crippen LogP contribution is -2.44. The van der Waals surface area contributed by atoms with Crippen molar-refractivity contribution in [1.82, 2.24) is 10.6 Å². The molecule has 1 aliphatic heterocycles. The van der Waals surface area contributed by atoms with Gasteiger partial charge >= 0.3 is 0 Å². The van der Waals surface area contributed by atoms with Gasteiger partial charge in [-0.1, -0.05) is 42.5 Å². The van der Waals surface area contributed by atoms with Gasteiger partial charge in [0.1, 0.15) is 0 Å². The highest BCUT2D eigenvalue weighted by molar-refractivity contribution is 7.80. The zero-order valence-corrected chi connectivity index (χ0v) is 15.4. The van der Waals surface area contributed by atoms with Crippen LogP contribution in [0.2, 0.25) is 0 Å². The zero-order chi connectivity index (χ0) is 18.0. The number of hydrogen-bond acceptors (Lipinski definition) is 3. The van der Waals surface area contributed by atoms with Crippen molar-refractivity contribution in [3.63, 3.8) is 0 Å². The summed E-state index contributed by atoms with van der Waals surface area (Å²) in [6.45, 7) is 1.59. The molecule has 0 fully saturated rings. The average Bonchev–Trinajstić information content (AvgIpc) is 2.61. The highest BCUT2D eigenvalue weighted by Gasteiger charge is 2.30. The first kappa shape index (κ1) is 17.2. The van der Waals surface area contributed by atoms with E-state index in [9.17, 15) is 4.79 Å². The second-order valence-electron chi connectivity index (χ2n) is 6.23. The van der Waals surface area contributed by atoms with Gasteiger partial charge in [-0.2, -0.15) is 0 Å². The maximum Gasteiger partial charge on any atom is 0.171 e. The number of thiocarbonyl (C=S) groups is 1. The smallest absolute Gasteiger partial charge is 0.171 e. The van der Waals surface area contributed by atoms with E-state index in [2.05, 4.69) is 10.6 Å². The van der Waals surface area contributed by atoms with E-state index in [1.54, 1.807) is 6.92 Å². The van der Waals surface area contributed by atoms with E-state index >= 15 is 0 Å². The van der Waals surface area contributed by atoms with E-state index in [1.807, 2.05) is 73.6 Å². The molecule has 0 radical (unpaired) electrons. The molecule has 0 saturated carbocycles. The Balaban J connectivity index is 2.10. The molecule has 0 unspecified atom stereocenters. The molecule has 25 heavy (non-hydrogen) atoms. The fourth-order valence-electron chi connectivity index (χ4n) is 2.99. The summed E-state index contributed by atoms with van der Waals surface area (Å²) < 4.78 is 0. The molecule has 1 atom stereocenters. The average molecular weight is 351 g/mol. The van der Waals surface area contributed by atoms with Gasteiger partial charge in [0.25, 0.3) is 0 Å². The predicted octanol–water partition coefficient (Wildman–Crippen LogP) is 3.27. The summed E-state index contributed by atoms with van der Waals surface area (Å²) in [5, 5.41) is 6.92. The molecule has 3 rings (SSSR count). The number of hydrogen-bond donors (Lipinski definition) is 2. The van der Waals surface area contributed by atoms with Crippen molar-refractivity contribution in [3.8, 4) is 0 Å². The fraction of sp³-hybridized carbons (Fsp3) is 0.200. The van der Waals surface area contributed by atoms with Crippen molar-refractivity contribution in [2.24, 2.45) is 0 Å². The van der Waals surface area contributed by atoms with Crippen molar-refractivity contribution < 1.29 is 4.79 Å². The van der Waals surface area contributed by atoms with Gasteiger partial charge < -0.3 is 15.5 Å². The Morgan fingerprint density at radius 1 is 1.04 bits per heavy atom. The second-order valence-corrected chi connectivity index (χ2v) is 6.64. The molecule has 5 heteroatoms. The number of anilines is 1. The molecule has 0 spiro atoms. The molecule has 1 heterocycles. The first-order chi connectivity index (χ1) is 12.0. The Kier molecular flexibility index (Phi) is 4.86. The zero-order valence-electron chi connectivity index (χ0n) is 14.5. The Bertz CT molecular complexity index is 826. The van der Waals surface area contributed by atoms with Crippen molar-refractivity contribution in [2.75, 3.05) is 19.0 Å². The molecule has 0 aromatic heterocycles. The third-order valence-corrected chi connectivity index (χ3v) is 4.48. The largest absolute Gasteiger partial charge is 0.378 e. The normalized spacial score (nSPS) is 16.9.